The van der Waals surface area contributed by atoms with Crippen LogP contribution >= 0.6 is 79.6 Å². The molecule has 0 unspecified atom stereocenters. The van der Waals surface area contributed by atoms with Crippen molar-refractivity contribution in [2.45, 2.75) is 41.5 Å². The van der Waals surface area contributed by atoms with Crippen LogP contribution in [0.25, 0.3) is 0 Å². The zero-order valence-electron chi connectivity index (χ0n) is 28.4. The summed E-state index contributed by atoms with van der Waals surface area (Å²) in [5.41, 5.74) is 4.50. The largest absolute Gasteiger partial charge is 0.478 e. The quantitative estimate of drug-likeness (QED) is 0.139. The van der Waals surface area contributed by atoms with Gasteiger partial charge in [0.25, 0.3) is 0 Å². The molecular weight excluding hydrogens is 864 g/mol. The summed E-state index contributed by atoms with van der Waals surface area (Å²) in [5.74, 6) is 4.42. The molecular formula is C26H59B3Br5N4O4. The van der Waals surface area contributed by atoms with Crippen molar-refractivity contribution < 1.29 is 19.5 Å². The standard InChI is InChI=1S/C7H14N2O.C5H8BrNO.C4H5BrO2.3C2H6.3CH3Br.CH5N.3B/c1-8-7(10)5-4-6-9(2)3;1-7-5(8)3-2-4-6;5-3-1-2-4(6)7;7*1-2;;;/h4-5H,6H2,1-3H3,(H,8,10);2-3H,4H2,1H3,(H,7,8);1-2H,3H2,(H,6,7);3*1-2H3;3*1H3;2H2,1H3;;;/b5-4+;3-2+;2-1+;;;;;;;;;;. The summed E-state index contributed by atoms with van der Waals surface area (Å²) >= 11 is 15.0. The average molecular weight is 924 g/mol. The zero-order chi connectivity index (χ0) is 34.1. The van der Waals surface area contributed by atoms with Crippen molar-refractivity contribution in [1.29, 1.82) is 0 Å². The topological polar surface area (TPSA) is 125 Å². The molecule has 0 aliphatic heterocycles. The number of halogens is 5. The summed E-state index contributed by atoms with van der Waals surface area (Å²) in [6, 6.07) is 0. The molecule has 16 heteroatoms. The minimum atomic E-state index is -0.903. The van der Waals surface area contributed by atoms with E-state index in [1.807, 2.05) is 84.1 Å². The molecule has 9 radical (unpaired) electrons. The summed E-state index contributed by atoms with van der Waals surface area (Å²) in [6.45, 7) is 12.8. The number of hydrogen-bond donors (Lipinski definition) is 4. The van der Waals surface area contributed by atoms with Gasteiger partial charge in [0.1, 0.15) is 0 Å². The van der Waals surface area contributed by atoms with Crippen molar-refractivity contribution in [3.8, 4) is 0 Å². The van der Waals surface area contributed by atoms with Crippen LogP contribution in [0.3, 0.4) is 0 Å². The molecule has 0 aromatic heterocycles. The predicted molar refractivity (Wildman–Crippen MR) is 215 cm³/mol. The number of allylic oxidation sites excluding steroid dienone is 2. The number of amides is 2. The Morgan fingerprint density at radius 2 is 0.881 bits per heavy atom. The van der Waals surface area contributed by atoms with E-state index in [0.717, 1.165) is 18.0 Å². The van der Waals surface area contributed by atoms with Gasteiger partial charge in [-0.3, -0.25) is 9.59 Å². The highest BCUT2D eigenvalue weighted by Gasteiger charge is 1.87. The van der Waals surface area contributed by atoms with E-state index in [-0.39, 0.29) is 37.1 Å². The molecule has 0 aliphatic rings. The van der Waals surface area contributed by atoms with Crippen LogP contribution < -0.4 is 16.4 Å². The summed E-state index contributed by atoms with van der Waals surface area (Å²) in [7, 11) is 8.62. The number of nitrogens with zero attached hydrogens (tertiary/aromatic N) is 1. The third-order valence-corrected chi connectivity index (χ3v) is 2.69. The Hall–Kier alpha value is 0.145. The molecule has 2 amide bonds. The van der Waals surface area contributed by atoms with Gasteiger partial charge in [0.05, 0.1) is 0 Å². The Balaban J connectivity index is -0.0000000220. The minimum absolute atomic E-state index is 0. The molecule has 0 atom stereocenters. The molecule has 0 saturated heterocycles. The molecule has 0 spiro atoms. The van der Waals surface area contributed by atoms with E-state index in [1.165, 1.54) is 25.3 Å². The number of rotatable bonds is 7. The molecule has 0 fully saturated rings. The first kappa shape index (κ1) is 84.0. The Morgan fingerprint density at radius 3 is 1.05 bits per heavy atom. The molecule has 5 N–H and O–H groups in total. The van der Waals surface area contributed by atoms with Crippen LogP contribution in [0, 0.1) is 0 Å². The molecule has 0 aliphatic carbocycles. The molecule has 0 bridgehead atoms. The van der Waals surface area contributed by atoms with Crippen LogP contribution in [0.2, 0.25) is 0 Å². The Bertz CT molecular complexity index is 485. The maximum Gasteiger partial charge on any atom is 0.328 e. The van der Waals surface area contributed by atoms with Gasteiger partial charge in [0.2, 0.25) is 11.8 Å². The van der Waals surface area contributed by atoms with Crippen LogP contribution in [0.1, 0.15) is 41.5 Å². The SMILES string of the molecule is CBr.CBr.CBr.CC.CC.CC.CN.CNC(=O)/C=C/CBr.CNC(=O)/C=C/CN(C)C.O=C(O)/C=C/CBr.[B].[B].[B]. The Kier molecular flexibility index (Phi) is 248. The number of carbonyl (C=O) groups is 3. The van der Waals surface area contributed by atoms with E-state index in [1.54, 1.807) is 20.2 Å². The van der Waals surface area contributed by atoms with Gasteiger partial charge in [-0.15, -0.1) is 0 Å². The second-order valence-electron chi connectivity index (χ2n) is 4.34. The normalized spacial score (nSPS) is 7.07. The van der Waals surface area contributed by atoms with E-state index in [2.05, 4.69) is 96.0 Å². The highest BCUT2D eigenvalue weighted by molar-refractivity contribution is 9.09. The van der Waals surface area contributed by atoms with E-state index in [4.69, 9.17) is 5.11 Å². The van der Waals surface area contributed by atoms with Gasteiger partial charge >= 0.3 is 5.97 Å². The minimum Gasteiger partial charge on any atom is -0.478 e. The summed E-state index contributed by atoms with van der Waals surface area (Å²) in [5, 5.41) is 14.2. The summed E-state index contributed by atoms with van der Waals surface area (Å²) in [4.78, 5) is 32.6. The van der Waals surface area contributed by atoms with Gasteiger partial charge in [-0.05, 0) is 44.7 Å². The fraction of sp³-hybridized carbons (Fsp3) is 0.654. The number of carbonyl (C=O) groups excluding carboxylic acids is 2. The molecule has 0 aromatic rings. The summed E-state index contributed by atoms with van der Waals surface area (Å²) < 4.78 is 0. The van der Waals surface area contributed by atoms with Crippen molar-refractivity contribution >= 4 is 123 Å². The number of aliphatic carboxylic acids is 1. The van der Waals surface area contributed by atoms with Gasteiger partial charge < -0.3 is 26.4 Å². The van der Waals surface area contributed by atoms with Gasteiger partial charge in [0.15, 0.2) is 0 Å². The first-order valence-corrected chi connectivity index (χ1v) is 18.9. The molecule has 0 rings (SSSR count). The average Bonchev–Trinajstić information content (AvgIpc) is 3.02. The first-order chi connectivity index (χ1) is 18.7. The smallest absolute Gasteiger partial charge is 0.328 e. The highest BCUT2D eigenvalue weighted by atomic mass is 79.9. The highest BCUT2D eigenvalue weighted by Crippen LogP contribution is 1.80. The molecule has 0 heterocycles. The molecule has 0 aromatic carbocycles. The Morgan fingerprint density at radius 1 is 0.643 bits per heavy atom. The van der Waals surface area contributed by atoms with E-state index >= 15 is 0 Å². The number of likely N-dealkylation sites (N-methyl/N-ethyl adjacent to an activating group) is 3. The lowest BCUT2D eigenvalue weighted by molar-refractivity contribution is -0.131. The van der Waals surface area contributed by atoms with Crippen LogP contribution in [0.5, 0.6) is 0 Å². The first-order valence-electron chi connectivity index (χ1n) is 11.9. The monoisotopic (exact) mass is 919 g/mol. The lowest BCUT2D eigenvalue weighted by Crippen LogP contribution is -2.16. The fourth-order valence-electron chi connectivity index (χ4n) is 0.834. The van der Waals surface area contributed by atoms with E-state index in [9.17, 15) is 14.4 Å². The van der Waals surface area contributed by atoms with Gasteiger partial charge in [-0.2, -0.15) is 0 Å². The maximum absolute atomic E-state index is 10.6. The van der Waals surface area contributed by atoms with Gasteiger partial charge in [-0.25, -0.2) is 4.79 Å². The number of nitrogens with one attached hydrogen (secondary N) is 2. The molecule has 251 valence electrons. The third-order valence-electron chi connectivity index (χ3n) is 1.94. The molecule has 8 nitrogen and oxygen atoms in total. The van der Waals surface area contributed by atoms with E-state index in [0.29, 0.717) is 5.33 Å². The molecule has 0 saturated carbocycles. The fourth-order valence-corrected chi connectivity index (χ4v) is 1.21. The number of alkyl halides is 5. The van der Waals surface area contributed by atoms with Gasteiger partial charge in [0, 0.05) is 68.7 Å². The van der Waals surface area contributed by atoms with Crippen LogP contribution in [0.15, 0.2) is 36.5 Å². The van der Waals surface area contributed by atoms with Crippen molar-refractivity contribution in [1.82, 2.24) is 15.5 Å². The van der Waals surface area contributed by atoms with E-state index < -0.39 is 5.97 Å². The Labute approximate surface area is 309 Å². The van der Waals surface area contributed by atoms with Crippen LogP contribution in [0.4, 0.5) is 0 Å². The third kappa shape index (κ3) is 187. The molecule has 42 heavy (non-hydrogen) atoms. The second kappa shape index (κ2) is 124. The number of nitrogens with two attached hydrogens (primary N) is 1. The van der Waals surface area contributed by atoms with Crippen LogP contribution in [-0.4, -0.2) is 123 Å². The second-order valence-corrected chi connectivity index (χ2v) is 5.64. The predicted octanol–water partition coefficient (Wildman–Crippen LogP) is 6.10. The van der Waals surface area contributed by atoms with Crippen molar-refractivity contribution in [2.75, 3.05) is 69.9 Å². The van der Waals surface area contributed by atoms with Crippen molar-refractivity contribution in [2.24, 2.45) is 5.73 Å². The van der Waals surface area contributed by atoms with Crippen molar-refractivity contribution in [3.63, 3.8) is 0 Å². The number of carboxylic acids is 1. The van der Waals surface area contributed by atoms with Crippen molar-refractivity contribution in [3.05, 3.63) is 36.5 Å². The van der Waals surface area contributed by atoms with Crippen LogP contribution in [-0.2, 0) is 14.4 Å². The number of carboxylic acid groups (broad SMARTS) is 1. The van der Waals surface area contributed by atoms with Gasteiger partial charge in [-0.1, -0.05) is 139 Å². The maximum atomic E-state index is 10.6. The lowest BCUT2D eigenvalue weighted by atomic mass is 10.4. The number of hydrogen-bond acceptors (Lipinski definition) is 5. The zero-order valence-corrected chi connectivity index (χ0v) is 36.3. The lowest BCUT2D eigenvalue weighted by Gasteiger charge is -2.02. The summed E-state index contributed by atoms with van der Waals surface area (Å²) in [6.07, 6.45) is 9.17.